The molecule has 64 heavy (non-hydrogen) atoms. The average Bonchev–Trinajstić information content (AvgIpc) is 3.88. The molecule has 12 rings (SSSR count). The highest BCUT2D eigenvalue weighted by molar-refractivity contribution is 7.25. The quantitative estimate of drug-likeness (QED) is 0.174. The molecule has 0 saturated carbocycles. The molecule has 0 radical (unpaired) electrons. The highest BCUT2D eigenvalue weighted by Gasteiger charge is 2.23. The SMILES string of the molecule is CC1=C(c2ccc(-c3ccccc3)cc2)NC(c2ccc(-c3cccc4oc5cc(-c6cccc7sc8ccccc8c67)ccc5c34)cc2)N=C(c2ccc(-c3ccccc3)cc2)C1. The molecule has 1 unspecified atom stereocenters. The maximum absolute atomic E-state index is 6.64. The zero-order chi connectivity index (χ0) is 42.6. The molecule has 1 atom stereocenters. The van der Waals surface area contributed by atoms with Crippen LogP contribution in [0.25, 0.3) is 92.3 Å². The fourth-order valence-corrected chi connectivity index (χ4v) is 10.7. The van der Waals surface area contributed by atoms with Crippen molar-refractivity contribution in [1.82, 2.24) is 5.32 Å². The Kier molecular flexibility index (Phi) is 9.39. The zero-order valence-electron chi connectivity index (χ0n) is 35.3. The monoisotopic (exact) mass is 838 g/mol. The Bertz CT molecular complexity index is 3580. The molecule has 1 N–H and O–H groups in total. The van der Waals surface area contributed by atoms with Crippen LogP contribution in [-0.4, -0.2) is 5.71 Å². The van der Waals surface area contributed by atoms with Crippen molar-refractivity contribution in [2.75, 3.05) is 0 Å². The van der Waals surface area contributed by atoms with Crippen LogP contribution in [0.15, 0.2) is 227 Å². The Morgan fingerprint density at radius 1 is 0.453 bits per heavy atom. The van der Waals surface area contributed by atoms with E-state index in [0.29, 0.717) is 0 Å². The Hall–Kier alpha value is -7.79. The molecule has 3 heterocycles. The number of hydrogen-bond acceptors (Lipinski definition) is 4. The summed E-state index contributed by atoms with van der Waals surface area (Å²) in [5.41, 5.74) is 18.1. The molecule has 1 aliphatic rings. The van der Waals surface area contributed by atoms with Gasteiger partial charge in [0.1, 0.15) is 17.3 Å². The molecule has 11 aromatic rings. The van der Waals surface area contributed by atoms with Crippen LogP contribution >= 0.6 is 11.3 Å². The van der Waals surface area contributed by atoms with Gasteiger partial charge >= 0.3 is 0 Å². The summed E-state index contributed by atoms with van der Waals surface area (Å²) in [6.07, 6.45) is 0.436. The topological polar surface area (TPSA) is 37.5 Å². The van der Waals surface area contributed by atoms with Crippen molar-refractivity contribution in [3.05, 3.63) is 235 Å². The first-order valence-electron chi connectivity index (χ1n) is 21.9. The van der Waals surface area contributed by atoms with Gasteiger partial charge in [-0.2, -0.15) is 0 Å². The lowest BCUT2D eigenvalue weighted by Crippen LogP contribution is -2.18. The molecular formula is C60H42N2OS. The Balaban J connectivity index is 0.904. The minimum atomic E-state index is -0.298. The molecule has 3 nitrogen and oxygen atoms in total. The number of aliphatic imine (C=N–C) groups is 1. The number of allylic oxidation sites excluding steroid dienone is 1. The summed E-state index contributed by atoms with van der Waals surface area (Å²) in [5.74, 6) is 0. The first-order valence-corrected chi connectivity index (χ1v) is 22.7. The van der Waals surface area contributed by atoms with Gasteiger partial charge in [-0.15, -0.1) is 11.3 Å². The zero-order valence-corrected chi connectivity index (χ0v) is 36.1. The van der Waals surface area contributed by atoms with E-state index in [9.17, 15) is 0 Å². The number of hydrogen-bond donors (Lipinski definition) is 1. The lowest BCUT2D eigenvalue weighted by atomic mass is 9.96. The van der Waals surface area contributed by atoms with Gasteiger partial charge in [-0.3, -0.25) is 4.99 Å². The van der Waals surface area contributed by atoms with Gasteiger partial charge in [-0.25, -0.2) is 0 Å². The second kappa shape index (κ2) is 15.8. The van der Waals surface area contributed by atoms with Gasteiger partial charge in [0, 0.05) is 48.8 Å². The van der Waals surface area contributed by atoms with Crippen molar-refractivity contribution in [3.63, 3.8) is 0 Å². The minimum absolute atomic E-state index is 0.298. The highest BCUT2D eigenvalue weighted by Crippen LogP contribution is 2.43. The number of rotatable bonds is 7. The summed E-state index contributed by atoms with van der Waals surface area (Å²) in [5, 5.41) is 8.76. The number of fused-ring (bicyclic) bond motifs is 6. The molecule has 9 aromatic carbocycles. The van der Waals surface area contributed by atoms with Crippen LogP contribution < -0.4 is 5.32 Å². The van der Waals surface area contributed by atoms with Crippen LogP contribution in [0.2, 0.25) is 0 Å². The van der Waals surface area contributed by atoms with Crippen molar-refractivity contribution in [2.45, 2.75) is 19.5 Å². The smallest absolute Gasteiger partial charge is 0.145 e. The van der Waals surface area contributed by atoms with Crippen LogP contribution in [0, 0.1) is 0 Å². The molecule has 0 bridgehead atoms. The highest BCUT2D eigenvalue weighted by atomic mass is 32.1. The fourth-order valence-electron chi connectivity index (χ4n) is 9.54. The van der Waals surface area contributed by atoms with E-state index in [1.54, 1.807) is 0 Å². The Morgan fingerprint density at radius 2 is 1.02 bits per heavy atom. The number of thiophene rings is 1. The molecule has 304 valence electrons. The summed E-state index contributed by atoms with van der Waals surface area (Å²) in [6, 6.07) is 76.2. The minimum Gasteiger partial charge on any atom is -0.456 e. The van der Waals surface area contributed by atoms with Gasteiger partial charge in [0.25, 0.3) is 0 Å². The Labute approximate surface area is 376 Å². The van der Waals surface area contributed by atoms with E-state index in [2.05, 4.69) is 225 Å². The third-order valence-corrected chi connectivity index (χ3v) is 13.9. The maximum atomic E-state index is 6.64. The Morgan fingerprint density at radius 3 is 1.73 bits per heavy atom. The van der Waals surface area contributed by atoms with E-state index in [1.807, 2.05) is 11.3 Å². The molecule has 1 aliphatic heterocycles. The van der Waals surface area contributed by atoms with E-state index in [1.165, 1.54) is 53.6 Å². The largest absolute Gasteiger partial charge is 0.456 e. The normalized spacial score (nSPS) is 14.3. The first kappa shape index (κ1) is 37.9. The van der Waals surface area contributed by atoms with Crippen molar-refractivity contribution in [3.8, 4) is 44.5 Å². The predicted octanol–water partition coefficient (Wildman–Crippen LogP) is 16.5. The predicted molar refractivity (Wildman–Crippen MR) is 271 cm³/mol. The summed E-state index contributed by atoms with van der Waals surface area (Å²) >= 11 is 1.85. The molecule has 0 saturated heterocycles. The third-order valence-electron chi connectivity index (χ3n) is 12.8. The standard InChI is InChI=1S/C60H42N2OS/c1-38-36-52(44-28-22-41(23-29-44)39-12-4-2-5-13-39)61-60(62-59(38)45-30-24-42(25-31-45)40-14-6-3-7-15-40)46-32-26-43(27-33-46)48-17-10-19-53-57(48)50-35-34-47(37-54(50)63-53)49-18-11-21-56-58(49)51-16-8-9-20-55(51)64-56/h2-35,37,60,62H,36H2,1H3. The van der Waals surface area contributed by atoms with Gasteiger partial charge in [-0.1, -0.05) is 182 Å². The van der Waals surface area contributed by atoms with E-state index in [-0.39, 0.29) is 6.17 Å². The van der Waals surface area contributed by atoms with Gasteiger partial charge in [0.15, 0.2) is 0 Å². The molecule has 2 aromatic heterocycles. The van der Waals surface area contributed by atoms with E-state index in [4.69, 9.17) is 9.41 Å². The number of nitrogens with one attached hydrogen (secondary N) is 1. The van der Waals surface area contributed by atoms with Crippen molar-refractivity contribution in [1.29, 1.82) is 0 Å². The average molecular weight is 839 g/mol. The number of nitrogens with zero attached hydrogens (tertiary/aromatic N) is 1. The lowest BCUT2D eigenvalue weighted by Gasteiger charge is -2.20. The molecule has 4 heteroatoms. The van der Waals surface area contributed by atoms with Crippen molar-refractivity contribution >= 4 is 64.9 Å². The second-order valence-electron chi connectivity index (χ2n) is 16.7. The molecule has 0 aliphatic carbocycles. The number of benzene rings is 9. The van der Waals surface area contributed by atoms with Crippen LogP contribution in [0.3, 0.4) is 0 Å². The number of furan rings is 1. The lowest BCUT2D eigenvalue weighted by molar-refractivity contribution is 0.669. The van der Waals surface area contributed by atoms with E-state index in [0.717, 1.165) is 73.1 Å². The van der Waals surface area contributed by atoms with Gasteiger partial charge in [0.05, 0.1) is 0 Å². The second-order valence-corrected chi connectivity index (χ2v) is 17.8. The molecule has 0 amide bonds. The summed E-state index contributed by atoms with van der Waals surface area (Å²) in [7, 11) is 0. The van der Waals surface area contributed by atoms with Crippen molar-refractivity contribution < 1.29 is 4.42 Å². The van der Waals surface area contributed by atoms with Gasteiger partial charge in [-0.05, 0) is 104 Å². The molecule has 0 fully saturated rings. The van der Waals surface area contributed by atoms with Crippen LogP contribution in [0.1, 0.15) is 36.2 Å². The van der Waals surface area contributed by atoms with Gasteiger partial charge < -0.3 is 9.73 Å². The van der Waals surface area contributed by atoms with Crippen LogP contribution in [-0.2, 0) is 0 Å². The molecular weight excluding hydrogens is 797 g/mol. The maximum Gasteiger partial charge on any atom is 0.145 e. The summed E-state index contributed by atoms with van der Waals surface area (Å²) < 4.78 is 9.25. The first-order chi connectivity index (χ1) is 31.6. The summed E-state index contributed by atoms with van der Waals surface area (Å²) in [6.45, 7) is 2.23. The van der Waals surface area contributed by atoms with Gasteiger partial charge in [0.2, 0.25) is 0 Å². The third kappa shape index (κ3) is 6.80. The van der Waals surface area contributed by atoms with E-state index >= 15 is 0 Å². The molecule has 0 spiro atoms. The van der Waals surface area contributed by atoms with Crippen LogP contribution in [0.4, 0.5) is 0 Å². The fraction of sp³-hybridized carbons (Fsp3) is 0.0500. The van der Waals surface area contributed by atoms with Crippen molar-refractivity contribution in [2.24, 2.45) is 4.99 Å². The van der Waals surface area contributed by atoms with Crippen LogP contribution in [0.5, 0.6) is 0 Å². The summed E-state index contributed by atoms with van der Waals surface area (Å²) in [4.78, 5) is 5.51. The van der Waals surface area contributed by atoms with E-state index < -0.39 is 0 Å².